The van der Waals surface area contributed by atoms with Crippen molar-refractivity contribution in [2.75, 3.05) is 41.0 Å². The fourth-order valence-electron chi connectivity index (χ4n) is 4.16. The van der Waals surface area contributed by atoms with E-state index in [1.54, 1.807) is 14.2 Å². The van der Waals surface area contributed by atoms with E-state index in [-0.39, 0.29) is 30.1 Å². The second-order valence-electron chi connectivity index (χ2n) is 8.28. The summed E-state index contributed by atoms with van der Waals surface area (Å²) in [4.78, 5) is 4.39. The summed E-state index contributed by atoms with van der Waals surface area (Å²) in [6.45, 7) is 4.63. The molecule has 1 saturated heterocycles. The number of benzene rings is 2. The molecule has 0 aromatic heterocycles. The smallest absolute Gasteiger partial charge is 0.190 e. The van der Waals surface area contributed by atoms with Crippen LogP contribution in [-0.4, -0.2) is 46.9 Å². The topological polar surface area (TPSA) is 64.1 Å². The molecule has 1 heterocycles. The third kappa shape index (κ3) is 8.07. The second-order valence-corrected chi connectivity index (χ2v) is 8.28. The van der Waals surface area contributed by atoms with Crippen molar-refractivity contribution >= 4 is 29.9 Å². The first kappa shape index (κ1) is 27.2. The highest BCUT2D eigenvalue weighted by molar-refractivity contribution is 14.0. The van der Waals surface area contributed by atoms with Crippen LogP contribution in [0.5, 0.6) is 11.5 Å². The Labute approximate surface area is 215 Å². The Balaban J connectivity index is 0.00000385. The number of halogens is 1. The van der Waals surface area contributed by atoms with E-state index in [1.807, 2.05) is 19.2 Å². The molecule has 0 aliphatic carbocycles. The molecule has 2 atom stereocenters. The summed E-state index contributed by atoms with van der Waals surface area (Å²) in [5, 5.41) is 6.94. The number of ether oxygens (including phenoxy) is 3. The molecule has 182 valence electrons. The van der Waals surface area contributed by atoms with Crippen LogP contribution < -0.4 is 20.1 Å². The minimum Gasteiger partial charge on any atom is -0.493 e. The normalized spacial score (nSPS) is 18.2. The number of hydrogen-bond acceptors (Lipinski definition) is 4. The van der Waals surface area contributed by atoms with Gasteiger partial charge in [0, 0.05) is 32.7 Å². The first-order valence-corrected chi connectivity index (χ1v) is 11.5. The summed E-state index contributed by atoms with van der Waals surface area (Å²) >= 11 is 0. The summed E-state index contributed by atoms with van der Waals surface area (Å²) in [7, 11) is 5.14. The standard InChI is InChI=1S/C26H37N3O3.HI/c1-19-9-12-21(13-10-19)25-22(8-6-16-32-25)18-29-26(27-2)28-15-5-7-20-11-14-23(30-3)24(17-20)31-4;/h9-14,17,22,25H,5-8,15-16,18H2,1-4H3,(H2,27,28,29);1H. The molecule has 1 aliphatic rings. The van der Waals surface area contributed by atoms with Crippen LogP contribution in [0.1, 0.15) is 42.1 Å². The zero-order valence-electron chi connectivity index (χ0n) is 20.2. The Hall–Kier alpha value is -2.00. The van der Waals surface area contributed by atoms with Gasteiger partial charge in [-0.15, -0.1) is 24.0 Å². The average molecular weight is 568 g/mol. The van der Waals surface area contributed by atoms with Crippen molar-refractivity contribution in [1.82, 2.24) is 10.6 Å². The summed E-state index contributed by atoms with van der Waals surface area (Å²) in [6.07, 6.45) is 4.35. The number of aryl methyl sites for hydroxylation is 2. The lowest BCUT2D eigenvalue weighted by atomic mass is 9.89. The average Bonchev–Trinajstić information content (AvgIpc) is 2.84. The maximum absolute atomic E-state index is 6.15. The summed E-state index contributed by atoms with van der Waals surface area (Å²) in [5.41, 5.74) is 3.77. The number of aliphatic imine (C=N–C) groups is 1. The van der Waals surface area contributed by atoms with E-state index in [1.165, 1.54) is 16.7 Å². The molecule has 0 radical (unpaired) electrons. The summed E-state index contributed by atoms with van der Waals surface area (Å²) in [6, 6.07) is 14.8. The number of rotatable bonds is 9. The molecule has 1 fully saturated rings. The molecule has 0 saturated carbocycles. The molecule has 2 unspecified atom stereocenters. The number of nitrogens with zero attached hydrogens (tertiary/aromatic N) is 1. The molecular formula is C26H38IN3O3. The first-order chi connectivity index (χ1) is 15.6. The highest BCUT2D eigenvalue weighted by Crippen LogP contribution is 2.33. The van der Waals surface area contributed by atoms with Gasteiger partial charge in [-0.25, -0.2) is 0 Å². The van der Waals surface area contributed by atoms with Gasteiger partial charge in [0.25, 0.3) is 0 Å². The van der Waals surface area contributed by atoms with Crippen molar-refractivity contribution in [3.8, 4) is 11.5 Å². The van der Waals surface area contributed by atoms with Crippen LogP contribution in [-0.2, 0) is 11.2 Å². The summed E-state index contributed by atoms with van der Waals surface area (Å²) < 4.78 is 16.9. The Kier molecular flexibility index (Phi) is 11.8. The van der Waals surface area contributed by atoms with Crippen molar-refractivity contribution in [3.63, 3.8) is 0 Å². The van der Waals surface area contributed by atoms with Crippen molar-refractivity contribution in [3.05, 3.63) is 59.2 Å². The second kappa shape index (κ2) is 14.3. The third-order valence-corrected chi connectivity index (χ3v) is 5.99. The number of hydrogen-bond donors (Lipinski definition) is 2. The van der Waals surface area contributed by atoms with Gasteiger partial charge in [0.1, 0.15) is 0 Å². The maximum Gasteiger partial charge on any atom is 0.190 e. The van der Waals surface area contributed by atoms with Crippen molar-refractivity contribution in [1.29, 1.82) is 0 Å². The van der Waals surface area contributed by atoms with Crippen molar-refractivity contribution < 1.29 is 14.2 Å². The molecule has 0 amide bonds. The maximum atomic E-state index is 6.15. The first-order valence-electron chi connectivity index (χ1n) is 11.5. The fraction of sp³-hybridized carbons (Fsp3) is 0.500. The van der Waals surface area contributed by atoms with Gasteiger partial charge in [-0.2, -0.15) is 0 Å². The van der Waals surface area contributed by atoms with E-state index in [4.69, 9.17) is 14.2 Å². The Morgan fingerprint density at radius 2 is 1.82 bits per heavy atom. The van der Waals surface area contributed by atoms with E-state index in [2.05, 4.69) is 52.9 Å². The molecule has 0 bridgehead atoms. The SMILES string of the molecule is CN=C(NCCCc1ccc(OC)c(OC)c1)NCC1CCCOC1c1ccc(C)cc1.I. The zero-order valence-corrected chi connectivity index (χ0v) is 22.6. The van der Waals surface area contributed by atoms with Crippen LogP contribution in [0.25, 0.3) is 0 Å². The van der Waals surface area contributed by atoms with Gasteiger partial charge < -0.3 is 24.8 Å². The van der Waals surface area contributed by atoms with Gasteiger partial charge in [-0.1, -0.05) is 35.9 Å². The lowest BCUT2D eigenvalue weighted by molar-refractivity contribution is -0.0265. The molecule has 33 heavy (non-hydrogen) atoms. The molecule has 0 spiro atoms. The largest absolute Gasteiger partial charge is 0.493 e. The lowest BCUT2D eigenvalue weighted by Gasteiger charge is -2.32. The van der Waals surface area contributed by atoms with Gasteiger partial charge in [-0.3, -0.25) is 4.99 Å². The van der Waals surface area contributed by atoms with E-state index < -0.39 is 0 Å². The molecule has 1 aliphatic heterocycles. The lowest BCUT2D eigenvalue weighted by Crippen LogP contribution is -2.42. The quantitative estimate of drug-likeness (QED) is 0.196. The molecule has 2 aromatic rings. The molecule has 2 aromatic carbocycles. The van der Waals surface area contributed by atoms with Gasteiger partial charge in [-0.05, 0) is 55.9 Å². The van der Waals surface area contributed by atoms with E-state index >= 15 is 0 Å². The van der Waals surface area contributed by atoms with Gasteiger partial charge in [0.05, 0.1) is 20.3 Å². The van der Waals surface area contributed by atoms with Gasteiger partial charge >= 0.3 is 0 Å². The van der Waals surface area contributed by atoms with Gasteiger partial charge in [0.2, 0.25) is 0 Å². The zero-order chi connectivity index (χ0) is 22.8. The number of nitrogens with one attached hydrogen (secondary N) is 2. The Morgan fingerprint density at radius 1 is 1.06 bits per heavy atom. The van der Waals surface area contributed by atoms with Crippen molar-refractivity contribution in [2.45, 2.75) is 38.7 Å². The predicted molar refractivity (Wildman–Crippen MR) is 145 cm³/mol. The number of guanidine groups is 1. The molecule has 7 heteroatoms. The minimum atomic E-state index is 0. The van der Waals surface area contributed by atoms with E-state index in [9.17, 15) is 0 Å². The minimum absolute atomic E-state index is 0. The van der Waals surface area contributed by atoms with Crippen LogP contribution in [0.15, 0.2) is 47.5 Å². The third-order valence-electron chi connectivity index (χ3n) is 5.99. The van der Waals surface area contributed by atoms with E-state index in [0.717, 1.165) is 62.8 Å². The highest BCUT2D eigenvalue weighted by atomic mass is 127. The van der Waals surface area contributed by atoms with Crippen molar-refractivity contribution in [2.24, 2.45) is 10.9 Å². The fourth-order valence-corrected chi connectivity index (χ4v) is 4.16. The number of methoxy groups -OCH3 is 2. The Morgan fingerprint density at radius 3 is 2.52 bits per heavy atom. The van der Waals surface area contributed by atoms with Crippen LogP contribution in [0.4, 0.5) is 0 Å². The van der Waals surface area contributed by atoms with Crippen LogP contribution in [0.2, 0.25) is 0 Å². The molecule has 6 nitrogen and oxygen atoms in total. The predicted octanol–water partition coefficient (Wildman–Crippen LogP) is 4.90. The molecule has 2 N–H and O–H groups in total. The molecule has 3 rings (SSSR count). The monoisotopic (exact) mass is 567 g/mol. The highest BCUT2D eigenvalue weighted by Gasteiger charge is 2.27. The van der Waals surface area contributed by atoms with Crippen LogP contribution in [0, 0.1) is 12.8 Å². The Bertz CT molecular complexity index is 874. The van der Waals surface area contributed by atoms with Crippen LogP contribution in [0.3, 0.4) is 0 Å². The van der Waals surface area contributed by atoms with Crippen LogP contribution >= 0.6 is 24.0 Å². The molecular weight excluding hydrogens is 529 g/mol. The van der Waals surface area contributed by atoms with Gasteiger partial charge in [0.15, 0.2) is 17.5 Å². The van der Waals surface area contributed by atoms with E-state index in [0.29, 0.717) is 5.92 Å². The summed E-state index contributed by atoms with van der Waals surface area (Å²) in [5.74, 6) is 2.80.